The zero-order valence-electron chi connectivity index (χ0n) is 30.7. The van der Waals surface area contributed by atoms with E-state index in [-0.39, 0.29) is 5.56 Å². The molecule has 0 aliphatic carbocycles. The number of nitriles is 2. The number of fused-ring (bicyclic) bond motifs is 4. The maximum Gasteiger partial charge on any atom is 0.268 e. The topological polar surface area (TPSA) is 116 Å². The minimum atomic E-state index is -0.436. The summed E-state index contributed by atoms with van der Waals surface area (Å²) < 4.78 is 2.02. The van der Waals surface area contributed by atoms with E-state index in [2.05, 4.69) is 28.2 Å². The molecule has 0 fully saturated rings. The van der Waals surface area contributed by atoms with Crippen LogP contribution in [0.15, 0.2) is 170 Å². The van der Waals surface area contributed by atoms with Crippen molar-refractivity contribution in [3.05, 3.63) is 192 Å². The Morgan fingerprint density at radius 1 is 0.448 bits per heavy atom. The lowest BCUT2D eigenvalue weighted by Gasteiger charge is -2.18. The van der Waals surface area contributed by atoms with E-state index in [0.29, 0.717) is 39.7 Å². The summed E-state index contributed by atoms with van der Waals surface area (Å²) in [6, 6.07) is 57.9. The molecule has 0 saturated carbocycles. The van der Waals surface area contributed by atoms with Gasteiger partial charge in [0.1, 0.15) is 23.5 Å². The van der Waals surface area contributed by atoms with Crippen molar-refractivity contribution in [1.82, 2.24) is 14.5 Å². The van der Waals surface area contributed by atoms with Crippen molar-refractivity contribution in [2.75, 3.05) is 4.90 Å². The van der Waals surface area contributed by atoms with E-state index < -0.39 is 11.8 Å². The maximum absolute atomic E-state index is 15.0. The third-order valence-electron chi connectivity index (χ3n) is 10.6. The number of hydrogen-bond acceptors (Lipinski definition) is 6. The molecule has 0 spiro atoms. The highest BCUT2D eigenvalue weighted by atomic mass is 16.2. The Balaban J connectivity index is 1.19. The summed E-state index contributed by atoms with van der Waals surface area (Å²) >= 11 is 0. The van der Waals surface area contributed by atoms with Gasteiger partial charge in [-0.1, -0.05) is 103 Å². The molecule has 6 aromatic carbocycles. The van der Waals surface area contributed by atoms with Gasteiger partial charge in [0.2, 0.25) is 0 Å². The van der Waals surface area contributed by atoms with E-state index in [1.165, 1.54) is 4.90 Å². The zero-order valence-corrected chi connectivity index (χ0v) is 30.7. The molecule has 58 heavy (non-hydrogen) atoms. The Labute approximate surface area is 332 Å². The summed E-state index contributed by atoms with van der Waals surface area (Å²) in [5.74, 6) is -0.850. The van der Waals surface area contributed by atoms with E-state index >= 15 is 4.79 Å². The maximum atomic E-state index is 15.0. The van der Waals surface area contributed by atoms with Crippen LogP contribution in [0.3, 0.4) is 0 Å². The van der Waals surface area contributed by atoms with Gasteiger partial charge in [0.05, 0.1) is 44.9 Å². The number of carbonyl (C=O) groups excluding carboxylic acids is 2. The van der Waals surface area contributed by atoms with Crippen molar-refractivity contribution in [3.63, 3.8) is 0 Å². The molecular formula is C50H28N6O2. The molecule has 10 rings (SSSR count). The molecule has 1 aliphatic heterocycles. The first-order valence-corrected chi connectivity index (χ1v) is 18.6. The summed E-state index contributed by atoms with van der Waals surface area (Å²) in [5.41, 5.74) is 10.2. The van der Waals surface area contributed by atoms with Crippen LogP contribution in [0.5, 0.6) is 0 Å². The largest absolute Gasteiger partial charge is 0.308 e. The number of nitrogens with zero attached hydrogens (tertiary/aromatic N) is 6. The number of amides is 2. The smallest absolute Gasteiger partial charge is 0.268 e. The van der Waals surface area contributed by atoms with E-state index in [1.807, 2.05) is 132 Å². The molecule has 0 radical (unpaired) electrons. The number of benzene rings is 6. The predicted molar refractivity (Wildman–Crippen MR) is 225 cm³/mol. The standard InChI is InChI=1S/C50H28N6O2/c51-29-37-14-7-17-43(53-37)33-20-22-40-41-23-21-34(44-18-8-15-38(30-52)54-44)28-47(41)56(46(40)27-33)45-19-9-16-42-48(45)50(58)55(49(42)57)39-25-35(31-10-3-1-4-11-31)24-36(26-39)32-12-5-2-6-13-32/h1-28H. The number of anilines is 1. The molecule has 4 heterocycles. The third-order valence-corrected chi connectivity index (χ3v) is 10.6. The molecule has 3 aromatic heterocycles. The van der Waals surface area contributed by atoms with Gasteiger partial charge in [-0.15, -0.1) is 0 Å². The molecule has 0 saturated heterocycles. The molecule has 0 bridgehead atoms. The molecule has 0 atom stereocenters. The monoisotopic (exact) mass is 744 g/mol. The molecule has 1 aliphatic rings. The summed E-state index contributed by atoms with van der Waals surface area (Å²) in [7, 11) is 0. The van der Waals surface area contributed by atoms with Crippen LogP contribution in [0.25, 0.3) is 72.3 Å². The number of imide groups is 1. The van der Waals surface area contributed by atoms with Crippen molar-refractivity contribution in [3.8, 4) is 62.6 Å². The first-order chi connectivity index (χ1) is 28.5. The Bertz CT molecular complexity index is 3080. The van der Waals surface area contributed by atoms with Crippen LogP contribution >= 0.6 is 0 Å². The number of rotatable bonds is 6. The second-order valence-electron chi connectivity index (χ2n) is 14.0. The van der Waals surface area contributed by atoms with Crippen LogP contribution in [0, 0.1) is 22.7 Å². The van der Waals surface area contributed by atoms with Crippen LogP contribution in [-0.2, 0) is 0 Å². The van der Waals surface area contributed by atoms with Crippen molar-refractivity contribution in [1.29, 1.82) is 10.5 Å². The summed E-state index contributed by atoms with van der Waals surface area (Å²) in [6.07, 6.45) is 0. The minimum Gasteiger partial charge on any atom is -0.308 e. The van der Waals surface area contributed by atoms with Gasteiger partial charge >= 0.3 is 0 Å². The highest BCUT2D eigenvalue weighted by Crippen LogP contribution is 2.41. The molecular weight excluding hydrogens is 717 g/mol. The summed E-state index contributed by atoms with van der Waals surface area (Å²) in [4.78, 5) is 40.0. The average molecular weight is 745 g/mol. The van der Waals surface area contributed by atoms with E-state index in [9.17, 15) is 15.3 Å². The van der Waals surface area contributed by atoms with Crippen LogP contribution in [0.4, 0.5) is 5.69 Å². The van der Waals surface area contributed by atoms with Gasteiger partial charge < -0.3 is 4.57 Å². The number of hydrogen-bond donors (Lipinski definition) is 0. The second kappa shape index (κ2) is 13.7. The number of pyridine rings is 2. The van der Waals surface area contributed by atoms with Crippen molar-refractivity contribution >= 4 is 39.3 Å². The summed E-state index contributed by atoms with van der Waals surface area (Å²) in [6.45, 7) is 0. The normalized spacial score (nSPS) is 12.1. The quantitative estimate of drug-likeness (QED) is 0.157. The molecule has 270 valence electrons. The van der Waals surface area contributed by atoms with Gasteiger partial charge in [-0.05, 0) is 89.0 Å². The van der Waals surface area contributed by atoms with Crippen LogP contribution in [0.2, 0.25) is 0 Å². The Morgan fingerprint density at radius 3 is 1.48 bits per heavy atom. The number of aromatic nitrogens is 3. The van der Waals surface area contributed by atoms with Crippen LogP contribution < -0.4 is 4.90 Å². The highest BCUT2D eigenvalue weighted by Gasteiger charge is 2.40. The molecule has 9 aromatic rings. The zero-order chi connectivity index (χ0) is 39.3. The predicted octanol–water partition coefficient (Wildman–Crippen LogP) is 10.8. The Kier molecular flexibility index (Phi) is 8.04. The van der Waals surface area contributed by atoms with Gasteiger partial charge in [0, 0.05) is 21.9 Å². The lowest BCUT2D eigenvalue weighted by atomic mass is 9.97. The van der Waals surface area contributed by atoms with Crippen molar-refractivity contribution in [2.45, 2.75) is 0 Å². The van der Waals surface area contributed by atoms with Gasteiger partial charge in [-0.2, -0.15) is 10.5 Å². The molecule has 2 amide bonds. The third kappa shape index (κ3) is 5.61. The van der Waals surface area contributed by atoms with Gasteiger partial charge in [-0.25, -0.2) is 14.9 Å². The highest BCUT2D eigenvalue weighted by molar-refractivity contribution is 6.36. The first-order valence-electron chi connectivity index (χ1n) is 18.6. The fraction of sp³-hybridized carbons (Fsp3) is 0. The van der Waals surface area contributed by atoms with E-state index in [1.54, 1.807) is 36.4 Å². The number of carbonyl (C=O) groups is 2. The van der Waals surface area contributed by atoms with E-state index in [4.69, 9.17) is 0 Å². The molecule has 0 N–H and O–H groups in total. The summed E-state index contributed by atoms with van der Waals surface area (Å²) in [5, 5.41) is 21.0. The van der Waals surface area contributed by atoms with E-state index in [0.717, 1.165) is 55.2 Å². The Morgan fingerprint density at radius 2 is 0.966 bits per heavy atom. The average Bonchev–Trinajstić information content (AvgIpc) is 3.75. The molecule has 8 nitrogen and oxygen atoms in total. The second-order valence-corrected chi connectivity index (χ2v) is 14.0. The van der Waals surface area contributed by atoms with Gasteiger partial charge in [0.15, 0.2) is 0 Å². The lowest BCUT2D eigenvalue weighted by molar-refractivity contribution is 0.0926. The Hall–Kier alpha value is -8.46. The lowest BCUT2D eigenvalue weighted by Crippen LogP contribution is -2.29. The fourth-order valence-electron chi connectivity index (χ4n) is 7.94. The molecule has 8 heteroatoms. The van der Waals surface area contributed by atoms with Crippen molar-refractivity contribution in [2.24, 2.45) is 0 Å². The van der Waals surface area contributed by atoms with Gasteiger partial charge in [-0.3, -0.25) is 9.59 Å². The van der Waals surface area contributed by atoms with Gasteiger partial charge in [0.25, 0.3) is 11.8 Å². The van der Waals surface area contributed by atoms with Crippen LogP contribution in [0.1, 0.15) is 32.1 Å². The first kappa shape index (κ1) is 34.1. The van der Waals surface area contributed by atoms with Crippen LogP contribution in [-0.4, -0.2) is 26.3 Å². The fourth-order valence-corrected chi connectivity index (χ4v) is 7.94. The van der Waals surface area contributed by atoms with Crippen molar-refractivity contribution < 1.29 is 9.59 Å². The minimum absolute atomic E-state index is 0.280. The molecule has 0 unspecified atom stereocenters. The SMILES string of the molecule is N#Cc1cccc(-c2ccc3c4ccc(-c5cccc(C#N)n5)cc4n(-c4cccc5c4C(=O)N(c4cc(-c6ccccc6)cc(-c6ccccc6)c4)C5=O)c3c2)n1.